The average Bonchev–Trinajstić information content (AvgIpc) is 3.04. The Morgan fingerprint density at radius 2 is 1.15 bits per heavy atom. The first-order chi connectivity index (χ1) is 22.1. The Balaban J connectivity index is 1.70. The highest BCUT2D eigenvalue weighted by molar-refractivity contribution is 5.75. The smallest absolute Gasteiger partial charge is 0.338 e. The third-order valence-corrected chi connectivity index (χ3v) is 7.32. The van der Waals surface area contributed by atoms with E-state index in [1.165, 1.54) is 6.92 Å². The maximum atomic E-state index is 13.1. The van der Waals surface area contributed by atoms with Gasteiger partial charge < -0.3 is 28.4 Å². The maximum absolute atomic E-state index is 13.1. The Hall–Kier alpha value is -3.64. The Morgan fingerprint density at radius 3 is 1.57 bits per heavy atom. The van der Waals surface area contributed by atoms with E-state index in [2.05, 4.69) is 0 Å². The number of carbonyl (C=O) groups excluding carboxylic acids is 2. The highest BCUT2D eigenvalue weighted by Gasteiger charge is 2.50. The lowest BCUT2D eigenvalue weighted by molar-refractivity contribution is -0.275. The summed E-state index contributed by atoms with van der Waals surface area (Å²) in [6, 6.07) is 29.2. The molecule has 46 heavy (non-hydrogen) atoms. The van der Waals surface area contributed by atoms with Gasteiger partial charge in [0.15, 0.2) is 6.10 Å². The van der Waals surface area contributed by atoms with Gasteiger partial charge in [-0.3, -0.25) is 9.63 Å². The first kappa shape index (κ1) is 35.2. The highest BCUT2D eigenvalue weighted by Crippen LogP contribution is 2.33. The van der Waals surface area contributed by atoms with E-state index in [1.807, 2.05) is 91.0 Å². The predicted molar refractivity (Wildman–Crippen MR) is 170 cm³/mol. The molecule has 248 valence electrons. The van der Waals surface area contributed by atoms with Crippen molar-refractivity contribution in [2.45, 2.75) is 96.2 Å². The first-order valence-corrected chi connectivity index (χ1v) is 15.5. The van der Waals surface area contributed by atoms with Crippen LogP contribution in [0.4, 0.5) is 0 Å². The number of esters is 2. The molecule has 0 saturated carbocycles. The van der Waals surface area contributed by atoms with E-state index in [1.54, 1.807) is 20.8 Å². The number of ether oxygens (including phenoxy) is 6. The van der Waals surface area contributed by atoms with Crippen LogP contribution in [0, 0.1) is 0 Å². The van der Waals surface area contributed by atoms with Crippen molar-refractivity contribution in [2.24, 2.45) is 5.90 Å². The molecule has 10 heteroatoms. The van der Waals surface area contributed by atoms with Crippen LogP contribution in [0.1, 0.15) is 50.8 Å². The number of nitrogens with two attached hydrogens (primary N) is 1. The molecule has 1 saturated heterocycles. The summed E-state index contributed by atoms with van der Waals surface area (Å²) in [6.45, 7) is 7.24. The predicted octanol–water partition coefficient (Wildman–Crippen LogP) is 5.06. The van der Waals surface area contributed by atoms with Crippen LogP contribution in [-0.2, 0) is 62.7 Å². The molecular weight excluding hydrogens is 590 g/mol. The lowest BCUT2D eigenvalue weighted by atomic mass is 9.91. The molecular formula is C36H45NO9. The maximum Gasteiger partial charge on any atom is 0.338 e. The molecule has 1 fully saturated rings. The fourth-order valence-corrected chi connectivity index (χ4v) is 5.19. The molecule has 0 amide bonds. The van der Waals surface area contributed by atoms with Gasteiger partial charge in [-0.15, -0.1) is 0 Å². The Labute approximate surface area is 271 Å². The topological polar surface area (TPSA) is 125 Å². The van der Waals surface area contributed by atoms with Crippen LogP contribution >= 0.6 is 0 Å². The van der Waals surface area contributed by atoms with Crippen molar-refractivity contribution in [2.75, 3.05) is 6.61 Å². The van der Waals surface area contributed by atoms with Crippen LogP contribution in [0.2, 0.25) is 0 Å². The van der Waals surface area contributed by atoms with E-state index in [0.29, 0.717) is 0 Å². The van der Waals surface area contributed by atoms with Gasteiger partial charge in [0, 0.05) is 13.3 Å². The normalized spacial score (nSPS) is 22.2. The van der Waals surface area contributed by atoms with Crippen LogP contribution in [-0.4, -0.2) is 60.8 Å². The van der Waals surface area contributed by atoms with Crippen molar-refractivity contribution in [3.63, 3.8) is 0 Å². The number of hydrogen-bond acceptors (Lipinski definition) is 10. The van der Waals surface area contributed by atoms with Crippen molar-refractivity contribution in [1.29, 1.82) is 0 Å². The molecule has 0 bridgehead atoms. The minimum absolute atomic E-state index is 0.0158. The van der Waals surface area contributed by atoms with Gasteiger partial charge in [-0.25, -0.2) is 10.7 Å². The van der Waals surface area contributed by atoms with Crippen LogP contribution in [0.3, 0.4) is 0 Å². The fraction of sp³-hybridized carbons (Fsp3) is 0.444. The van der Waals surface area contributed by atoms with Crippen molar-refractivity contribution < 1.29 is 42.8 Å². The lowest BCUT2D eigenvalue weighted by Crippen LogP contribution is -2.62. The molecule has 1 aliphatic rings. The molecule has 1 aliphatic heterocycles. The molecule has 0 radical (unpaired) electrons. The van der Waals surface area contributed by atoms with Gasteiger partial charge in [-0.2, -0.15) is 0 Å². The third-order valence-electron chi connectivity index (χ3n) is 7.32. The summed E-state index contributed by atoms with van der Waals surface area (Å²) in [5, 5.41) is 0. The van der Waals surface area contributed by atoms with Crippen LogP contribution in [0.5, 0.6) is 0 Å². The Morgan fingerprint density at radius 1 is 0.717 bits per heavy atom. The van der Waals surface area contributed by atoms with Crippen LogP contribution in [0.15, 0.2) is 91.0 Å². The van der Waals surface area contributed by atoms with Crippen LogP contribution < -0.4 is 5.90 Å². The summed E-state index contributed by atoms with van der Waals surface area (Å²) in [5.41, 5.74) is 2.06. The summed E-state index contributed by atoms with van der Waals surface area (Å²) < 4.78 is 37.3. The molecule has 3 aromatic carbocycles. The zero-order valence-corrected chi connectivity index (χ0v) is 26.9. The van der Waals surface area contributed by atoms with E-state index in [-0.39, 0.29) is 32.8 Å². The molecule has 6 atom stereocenters. The van der Waals surface area contributed by atoms with Gasteiger partial charge in [0.2, 0.25) is 0 Å². The second-order valence-corrected chi connectivity index (χ2v) is 12.2. The quantitative estimate of drug-likeness (QED) is 0.179. The first-order valence-electron chi connectivity index (χ1n) is 15.5. The molecule has 0 aliphatic carbocycles. The summed E-state index contributed by atoms with van der Waals surface area (Å²) in [6.07, 6.45) is -4.94. The summed E-state index contributed by atoms with van der Waals surface area (Å²) in [5.74, 6) is 4.53. The molecule has 3 aromatic rings. The average molecular weight is 636 g/mol. The zero-order chi connectivity index (χ0) is 32.9. The number of benzene rings is 3. The van der Waals surface area contributed by atoms with Crippen molar-refractivity contribution in [3.05, 3.63) is 108 Å². The molecule has 0 unspecified atom stereocenters. The monoisotopic (exact) mass is 635 g/mol. The third kappa shape index (κ3) is 11.0. The number of hydrogen-bond donors (Lipinski definition) is 1. The largest absolute Gasteiger partial charge is 0.463 e. The van der Waals surface area contributed by atoms with E-state index in [0.717, 1.165) is 16.7 Å². The second kappa shape index (κ2) is 17.3. The minimum Gasteiger partial charge on any atom is -0.463 e. The molecule has 0 spiro atoms. The lowest BCUT2D eigenvalue weighted by Gasteiger charge is -2.46. The Bertz CT molecular complexity index is 1330. The SMILES string of the molecule is CC(=O)OC[C@H]1O[C@H](C[C@H](ON)C(=O)OC(C)(C)C)[C@H](OCc2ccccc2)[C@@H](OCc2ccccc2)[C@@H]1OCc1ccccc1. The van der Waals surface area contributed by atoms with Crippen LogP contribution in [0.25, 0.3) is 0 Å². The standard InChI is InChI=1S/C36H45NO9/c1-25(38)40-24-31-33(42-22-27-16-10-6-11-17-27)34(43-23-28-18-12-7-13-19-28)32(41-21-26-14-8-5-9-15-26)29(44-31)20-30(46-37)35(39)45-36(2,3)4/h5-19,29-34H,20-24,37H2,1-4H3/t29-,30+,31-,32+,33-,34-/m1/s1. The molecule has 0 aromatic heterocycles. The molecule has 2 N–H and O–H groups in total. The molecule has 10 nitrogen and oxygen atoms in total. The number of rotatable bonds is 15. The van der Waals surface area contributed by atoms with E-state index in [9.17, 15) is 9.59 Å². The van der Waals surface area contributed by atoms with Crippen molar-refractivity contribution >= 4 is 11.9 Å². The molecule has 4 rings (SSSR count). The fourth-order valence-electron chi connectivity index (χ4n) is 5.19. The van der Waals surface area contributed by atoms with Crippen molar-refractivity contribution in [1.82, 2.24) is 0 Å². The van der Waals surface area contributed by atoms with Gasteiger partial charge in [0.25, 0.3) is 0 Å². The summed E-state index contributed by atoms with van der Waals surface area (Å²) in [4.78, 5) is 30.2. The summed E-state index contributed by atoms with van der Waals surface area (Å²) in [7, 11) is 0. The minimum atomic E-state index is -1.17. The van der Waals surface area contributed by atoms with E-state index >= 15 is 0 Å². The number of carbonyl (C=O) groups is 2. The van der Waals surface area contributed by atoms with Gasteiger partial charge in [0.1, 0.15) is 36.6 Å². The summed E-state index contributed by atoms with van der Waals surface area (Å²) >= 11 is 0. The highest BCUT2D eigenvalue weighted by atomic mass is 16.7. The van der Waals surface area contributed by atoms with E-state index < -0.39 is 54.2 Å². The van der Waals surface area contributed by atoms with Gasteiger partial charge >= 0.3 is 11.9 Å². The zero-order valence-electron chi connectivity index (χ0n) is 26.9. The van der Waals surface area contributed by atoms with Gasteiger partial charge in [-0.05, 0) is 37.5 Å². The molecule has 1 heterocycles. The van der Waals surface area contributed by atoms with Gasteiger partial charge in [-0.1, -0.05) is 91.0 Å². The second-order valence-electron chi connectivity index (χ2n) is 12.2. The van der Waals surface area contributed by atoms with Crippen molar-refractivity contribution in [3.8, 4) is 0 Å². The van der Waals surface area contributed by atoms with Gasteiger partial charge in [0.05, 0.1) is 25.9 Å². The Kier molecular flexibility index (Phi) is 13.3. The van der Waals surface area contributed by atoms with E-state index in [4.69, 9.17) is 39.2 Å².